The minimum absolute atomic E-state index is 0.161. The highest BCUT2D eigenvalue weighted by atomic mass is 16.6. The molecular formula is C22H23NO6. The number of methoxy groups -OCH3 is 1. The zero-order chi connectivity index (χ0) is 20.4. The molecule has 29 heavy (non-hydrogen) atoms. The summed E-state index contributed by atoms with van der Waals surface area (Å²) in [5.41, 5.74) is 1.73. The molecule has 2 aliphatic heterocycles. The molecule has 2 heterocycles. The fraction of sp³-hybridized carbons (Fsp3) is 0.364. The Labute approximate surface area is 169 Å². The van der Waals surface area contributed by atoms with E-state index in [4.69, 9.17) is 18.9 Å². The van der Waals surface area contributed by atoms with Gasteiger partial charge in [-0.05, 0) is 24.6 Å². The van der Waals surface area contributed by atoms with Crippen LogP contribution in [0.25, 0.3) is 0 Å². The van der Waals surface area contributed by atoms with Crippen LogP contribution in [0.5, 0.6) is 11.5 Å². The van der Waals surface area contributed by atoms with Gasteiger partial charge in [-0.3, -0.25) is 9.69 Å². The lowest BCUT2D eigenvalue weighted by Gasteiger charge is -2.22. The summed E-state index contributed by atoms with van der Waals surface area (Å²) >= 11 is 0. The zero-order valence-electron chi connectivity index (χ0n) is 16.4. The Morgan fingerprint density at radius 2 is 1.93 bits per heavy atom. The van der Waals surface area contributed by atoms with E-state index >= 15 is 0 Å². The molecule has 0 spiro atoms. The molecule has 7 heteroatoms. The van der Waals surface area contributed by atoms with E-state index in [-0.39, 0.29) is 25.7 Å². The quantitative estimate of drug-likeness (QED) is 0.721. The summed E-state index contributed by atoms with van der Waals surface area (Å²) in [6.45, 7) is 2.37. The number of ether oxygens (including phenoxy) is 4. The highest BCUT2D eigenvalue weighted by Crippen LogP contribution is 2.49. The van der Waals surface area contributed by atoms with Gasteiger partial charge in [-0.25, -0.2) is 4.79 Å². The third kappa shape index (κ3) is 3.60. The fourth-order valence-electron chi connectivity index (χ4n) is 3.90. The first-order valence-corrected chi connectivity index (χ1v) is 9.61. The Morgan fingerprint density at radius 3 is 2.66 bits per heavy atom. The van der Waals surface area contributed by atoms with Crippen LogP contribution in [0.4, 0.5) is 4.79 Å². The van der Waals surface area contributed by atoms with Crippen LogP contribution in [0, 0.1) is 5.92 Å². The van der Waals surface area contributed by atoms with Crippen LogP contribution < -0.4 is 9.47 Å². The summed E-state index contributed by atoms with van der Waals surface area (Å²) < 4.78 is 22.1. The van der Waals surface area contributed by atoms with E-state index in [2.05, 4.69) is 0 Å². The lowest BCUT2D eigenvalue weighted by molar-refractivity contribution is -0.149. The molecular weight excluding hydrogens is 374 g/mol. The van der Waals surface area contributed by atoms with Crippen molar-refractivity contribution in [2.24, 2.45) is 5.92 Å². The summed E-state index contributed by atoms with van der Waals surface area (Å²) in [6, 6.07) is 14.5. The van der Waals surface area contributed by atoms with Crippen molar-refractivity contribution >= 4 is 12.1 Å². The molecule has 2 aromatic carbocycles. The number of rotatable bonds is 5. The second kappa shape index (κ2) is 8.03. The van der Waals surface area contributed by atoms with Crippen LogP contribution in [-0.2, 0) is 20.9 Å². The third-order valence-corrected chi connectivity index (χ3v) is 5.27. The maximum Gasteiger partial charge on any atom is 0.410 e. The Bertz CT molecular complexity index is 899. The van der Waals surface area contributed by atoms with Gasteiger partial charge in [0.2, 0.25) is 0 Å². The monoisotopic (exact) mass is 397 g/mol. The molecule has 1 fully saturated rings. The Balaban J connectivity index is 1.58. The predicted molar refractivity (Wildman–Crippen MR) is 104 cm³/mol. The number of fused-ring (bicyclic) bond motifs is 3. The van der Waals surface area contributed by atoms with Gasteiger partial charge in [0.15, 0.2) is 0 Å². The van der Waals surface area contributed by atoms with E-state index < -0.39 is 24.2 Å². The van der Waals surface area contributed by atoms with E-state index in [0.717, 1.165) is 11.1 Å². The number of carbonyl (C=O) groups is 2. The molecule has 1 saturated heterocycles. The van der Waals surface area contributed by atoms with Crippen molar-refractivity contribution in [1.82, 2.24) is 4.90 Å². The van der Waals surface area contributed by atoms with Crippen LogP contribution in [0.3, 0.4) is 0 Å². The maximum atomic E-state index is 12.9. The number of carbonyl (C=O) groups excluding carboxylic acids is 2. The number of likely N-dealkylation sites (tertiary alicyclic amines) is 1. The minimum atomic E-state index is -0.581. The Kier molecular flexibility index (Phi) is 5.29. The summed E-state index contributed by atoms with van der Waals surface area (Å²) in [6.07, 6.45) is -0.997. The second-order valence-corrected chi connectivity index (χ2v) is 6.98. The first-order chi connectivity index (χ1) is 14.1. The zero-order valence-corrected chi connectivity index (χ0v) is 16.4. The molecule has 0 unspecified atom stereocenters. The third-order valence-electron chi connectivity index (χ3n) is 5.27. The maximum absolute atomic E-state index is 12.9. The first-order valence-electron chi connectivity index (χ1n) is 9.61. The summed E-state index contributed by atoms with van der Waals surface area (Å²) in [5, 5.41) is 0. The molecule has 2 aromatic rings. The molecule has 7 nitrogen and oxygen atoms in total. The van der Waals surface area contributed by atoms with Crippen molar-refractivity contribution in [2.75, 3.05) is 20.3 Å². The SMILES string of the molecule is CCOC(=O)[C@@H]1CN(C(=O)OCc2ccccc2)[C@H]2c3ccc(OC)cc3O[C@@H]12. The van der Waals surface area contributed by atoms with Crippen molar-refractivity contribution in [1.29, 1.82) is 0 Å². The Morgan fingerprint density at radius 1 is 1.14 bits per heavy atom. The number of esters is 1. The topological polar surface area (TPSA) is 74.3 Å². The van der Waals surface area contributed by atoms with E-state index in [1.807, 2.05) is 42.5 Å². The van der Waals surface area contributed by atoms with Crippen LogP contribution in [-0.4, -0.2) is 43.3 Å². The van der Waals surface area contributed by atoms with Crippen LogP contribution >= 0.6 is 0 Å². The molecule has 3 atom stereocenters. The van der Waals surface area contributed by atoms with Crippen molar-refractivity contribution in [2.45, 2.75) is 25.7 Å². The molecule has 0 aliphatic carbocycles. The lowest BCUT2D eigenvalue weighted by atomic mass is 9.99. The molecule has 2 aliphatic rings. The van der Waals surface area contributed by atoms with Crippen molar-refractivity contribution in [3.63, 3.8) is 0 Å². The lowest BCUT2D eigenvalue weighted by Crippen LogP contribution is -2.32. The fourth-order valence-corrected chi connectivity index (χ4v) is 3.90. The van der Waals surface area contributed by atoms with Gasteiger partial charge in [-0.1, -0.05) is 30.3 Å². The van der Waals surface area contributed by atoms with Gasteiger partial charge >= 0.3 is 12.1 Å². The number of hydrogen-bond acceptors (Lipinski definition) is 6. The van der Waals surface area contributed by atoms with Gasteiger partial charge < -0.3 is 18.9 Å². The van der Waals surface area contributed by atoms with Crippen LogP contribution in [0.15, 0.2) is 48.5 Å². The van der Waals surface area contributed by atoms with Gasteiger partial charge in [0.05, 0.1) is 13.7 Å². The average molecular weight is 397 g/mol. The van der Waals surface area contributed by atoms with Crippen molar-refractivity contribution < 1.29 is 28.5 Å². The number of amides is 1. The van der Waals surface area contributed by atoms with E-state index in [0.29, 0.717) is 11.5 Å². The molecule has 0 N–H and O–H groups in total. The van der Waals surface area contributed by atoms with Crippen LogP contribution in [0.2, 0.25) is 0 Å². The predicted octanol–water partition coefficient (Wildman–Crippen LogP) is 3.33. The van der Waals surface area contributed by atoms with E-state index in [9.17, 15) is 9.59 Å². The van der Waals surface area contributed by atoms with Crippen molar-refractivity contribution in [3.05, 3.63) is 59.7 Å². The smallest absolute Gasteiger partial charge is 0.410 e. The first kappa shape index (κ1) is 19.1. The van der Waals surface area contributed by atoms with E-state index in [1.165, 1.54) is 0 Å². The molecule has 0 radical (unpaired) electrons. The van der Waals surface area contributed by atoms with Gasteiger partial charge in [0.25, 0.3) is 0 Å². The van der Waals surface area contributed by atoms with Gasteiger partial charge in [0.1, 0.15) is 36.2 Å². The van der Waals surface area contributed by atoms with Crippen molar-refractivity contribution in [3.8, 4) is 11.5 Å². The van der Waals surface area contributed by atoms with Crippen LogP contribution in [0.1, 0.15) is 24.1 Å². The number of hydrogen-bond donors (Lipinski definition) is 0. The molecule has 152 valence electrons. The van der Waals surface area contributed by atoms with Gasteiger partial charge in [-0.2, -0.15) is 0 Å². The average Bonchev–Trinajstić information content (AvgIpc) is 3.29. The van der Waals surface area contributed by atoms with E-state index in [1.54, 1.807) is 25.0 Å². The minimum Gasteiger partial charge on any atom is -0.497 e. The van der Waals surface area contributed by atoms with Gasteiger partial charge in [0, 0.05) is 18.2 Å². The molecule has 4 rings (SSSR count). The Hall–Kier alpha value is -3.22. The standard InChI is InChI=1S/C22H23NO6/c1-3-27-21(24)17-12-23(22(25)28-13-14-7-5-4-6-8-14)19-16-10-9-15(26-2)11-18(16)29-20(17)19/h4-11,17,19-20H,3,12-13H2,1-2H3/t17-,19+,20+/m1/s1. The normalized spacial score (nSPS) is 21.7. The number of nitrogens with zero attached hydrogens (tertiary/aromatic N) is 1. The molecule has 1 amide bonds. The van der Waals surface area contributed by atoms with Gasteiger partial charge in [-0.15, -0.1) is 0 Å². The summed E-state index contributed by atoms with van der Waals surface area (Å²) in [4.78, 5) is 27.0. The largest absolute Gasteiger partial charge is 0.497 e. The second-order valence-electron chi connectivity index (χ2n) is 6.98. The molecule has 0 saturated carbocycles. The molecule has 0 bridgehead atoms. The number of benzene rings is 2. The molecule has 0 aromatic heterocycles. The highest BCUT2D eigenvalue weighted by Gasteiger charge is 2.54. The summed E-state index contributed by atoms with van der Waals surface area (Å²) in [5.74, 6) is 0.298. The summed E-state index contributed by atoms with van der Waals surface area (Å²) in [7, 11) is 1.58. The highest BCUT2D eigenvalue weighted by molar-refractivity contribution is 5.78.